The molecule has 1 N–H and O–H groups in total. The molecular formula is C20H15F2N3O3S. The van der Waals surface area contributed by atoms with Crippen LogP contribution < -0.4 is 9.62 Å². The minimum atomic E-state index is -4.35. The summed E-state index contributed by atoms with van der Waals surface area (Å²) >= 11 is 0. The van der Waals surface area contributed by atoms with Crippen LogP contribution in [0.2, 0.25) is 0 Å². The monoisotopic (exact) mass is 415 g/mol. The molecule has 1 aliphatic heterocycles. The second kappa shape index (κ2) is 7.25. The first-order valence-electron chi connectivity index (χ1n) is 8.68. The molecule has 0 saturated carbocycles. The SMILES string of the molecule is O=C(c1cccnc1)N1CCc2ccc(NS(=O)(=O)c3cc(F)ccc3F)cc21. The van der Waals surface area contributed by atoms with Crippen molar-refractivity contribution in [3.8, 4) is 0 Å². The quantitative estimate of drug-likeness (QED) is 0.709. The number of nitrogens with one attached hydrogen (secondary N) is 1. The van der Waals surface area contributed by atoms with Crippen LogP contribution in [0.5, 0.6) is 0 Å². The first-order valence-corrected chi connectivity index (χ1v) is 10.2. The lowest BCUT2D eigenvalue weighted by molar-refractivity contribution is 0.0989. The third kappa shape index (κ3) is 3.68. The lowest BCUT2D eigenvalue weighted by atomic mass is 10.1. The Bertz CT molecular complexity index is 1200. The van der Waals surface area contributed by atoms with Crippen molar-refractivity contribution in [2.24, 2.45) is 0 Å². The molecule has 6 nitrogen and oxygen atoms in total. The summed E-state index contributed by atoms with van der Waals surface area (Å²) in [6.45, 7) is 0.442. The van der Waals surface area contributed by atoms with Crippen molar-refractivity contribution in [3.63, 3.8) is 0 Å². The van der Waals surface area contributed by atoms with Crippen molar-refractivity contribution in [3.05, 3.63) is 83.7 Å². The maximum absolute atomic E-state index is 13.9. The van der Waals surface area contributed by atoms with Crippen molar-refractivity contribution in [1.82, 2.24) is 4.98 Å². The van der Waals surface area contributed by atoms with Crippen LogP contribution in [0.25, 0.3) is 0 Å². The fraction of sp³-hybridized carbons (Fsp3) is 0.100. The zero-order valence-electron chi connectivity index (χ0n) is 15.0. The second-order valence-electron chi connectivity index (χ2n) is 6.47. The molecule has 1 aromatic heterocycles. The van der Waals surface area contributed by atoms with E-state index in [-0.39, 0.29) is 11.6 Å². The Labute approximate surface area is 165 Å². The lowest BCUT2D eigenvalue weighted by Gasteiger charge is -2.18. The minimum absolute atomic E-state index is 0.137. The molecule has 0 spiro atoms. The van der Waals surface area contributed by atoms with Crippen LogP contribution in [-0.2, 0) is 16.4 Å². The number of carbonyl (C=O) groups is 1. The molecule has 1 aliphatic rings. The van der Waals surface area contributed by atoms with Crippen LogP contribution in [-0.4, -0.2) is 25.9 Å². The number of hydrogen-bond acceptors (Lipinski definition) is 4. The molecule has 1 amide bonds. The van der Waals surface area contributed by atoms with Crippen LogP contribution in [0.15, 0.2) is 65.8 Å². The second-order valence-corrected chi connectivity index (χ2v) is 8.12. The lowest BCUT2D eigenvalue weighted by Crippen LogP contribution is -2.29. The number of nitrogens with zero attached hydrogens (tertiary/aromatic N) is 2. The third-order valence-corrected chi connectivity index (χ3v) is 5.97. The van der Waals surface area contributed by atoms with Gasteiger partial charge in [-0.05, 0) is 54.4 Å². The van der Waals surface area contributed by atoms with E-state index >= 15 is 0 Å². The fourth-order valence-corrected chi connectivity index (χ4v) is 4.33. The van der Waals surface area contributed by atoms with Crippen LogP contribution >= 0.6 is 0 Å². The Balaban J connectivity index is 1.65. The number of rotatable bonds is 4. The van der Waals surface area contributed by atoms with Crippen molar-refractivity contribution in [1.29, 1.82) is 0 Å². The van der Waals surface area contributed by atoms with Crippen molar-refractivity contribution < 1.29 is 22.0 Å². The number of pyridine rings is 1. The maximum atomic E-state index is 13.9. The predicted molar refractivity (Wildman–Crippen MR) is 103 cm³/mol. The van der Waals surface area contributed by atoms with Gasteiger partial charge in [0, 0.05) is 24.6 Å². The Morgan fingerprint density at radius 1 is 1.10 bits per heavy atom. The zero-order valence-corrected chi connectivity index (χ0v) is 15.8. The summed E-state index contributed by atoms with van der Waals surface area (Å²) in [6, 6.07) is 10.2. The molecule has 0 aliphatic carbocycles. The normalized spacial score (nSPS) is 13.2. The number of anilines is 2. The Kier molecular flexibility index (Phi) is 4.75. The van der Waals surface area contributed by atoms with E-state index in [4.69, 9.17) is 0 Å². The highest BCUT2D eigenvalue weighted by molar-refractivity contribution is 7.92. The Hall–Kier alpha value is -3.33. The number of benzene rings is 2. The third-order valence-electron chi connectivity index (χ3n) is 4.57. The molecule has 0 fully saturated rings. The topological polar surface area (TPSA) is 79.4 Å². The molecule has 0 atom stereocenters. The smallest absolute Gasteiger partial charge is 0.264 e. The van der Waals surface area contributed by atoms with E-state index in [0.29, 0.717) is 30.3 Å². The number of sulfonamides is 1. The van der Waals surface area contributed by atoms with Crippen molar-refractivity contribution in [2.45, 2.75) is 11.3 Å². The van der Waals surface area contributed by atoms with Crippen LogP contribution in [0.4, 0.5) is 20.2 Å². The Morgan fingerprint density at radius 3 is 2.69 bits per heavy atom. The first kappa shape index (κ1) is 19.0. The van der Waals surface area contributed by atoms with E-state index in [1.165, 1.54) is 23.2 Å². The molecule has 0 bridgehead atoms. The van der Waals surface area contributed by atoms with Crippen LogP contribution in [0.3, 0.4) is 0 Å². The summed E-state index contributed by atoms with van der Waals surface area (Å²) in [5.41, 5.74) is 1.98. The molecule has 0 unspecified atom stereocenters. The average Bonchev–Trinajstić information content (AvgIpc) is 3.12. The summed E-state index contributed by atoms with van der Waals surface area (Å²) in [5, 5.41) is 0. The van der Waals surface area contributed by atoms with Gasteiger partial charge in [0.15, 0.2) is 0 Å². The molecule has 9 heteroatoms. The van der Waals surface area contributed by atoms with Crippen LogP contribution in [0.1, 0.15) is 15.9 Å². The Morgan fingerprint density at radius 2 is 1.93 bits per heavy atom. The molecule has 2 aromatic carbocycles. The minimum Gasteiger partial charge on any atom is -0.308 e. The van der Waals surface area contributed by atoms with Gasteiger partial charge in [-0.25, -0.2) is 17.2 Å². The molecular weight excluding hydrogens is 400 g/mol. The van der Waals surface area contributed by atoms with Crippen molar-refractivity contribution in [2.75, 3.05) is 16.2 Å². The van der Waals surface area contributed by atoms with E-state index < -0.39 is 26.6 Å². The number of aromatic nitrogens is 1. The highest BCUT2D eigenvalue weighted by atomic mass is 32.2. The van der Waals surface area contributed by atoms with Gasteiger partial charge in [0.2, 0.25) is 0 Å². The predicted octanol–water partition coefficient (Wildman–Crippen LogP) is 3.36. The summed E-state index contributed by atoms with van der Waals surface area (Å²) in [4.78, 5) is 17.5. The molecule has 0 radical (unpaired) electrons. The molecule has 4 rings (SSSR count). The van der Waals surface area contributed by atoms with Gasteiger partial charge in [0.25, 0.3) is 15.9 Å². The average molecular weight is 415 g/mol. The highest BCUT2D eigenvalue weighted by Gasteiger charge is 2.27. The molecule has 2 heterocycles. The number of carbonyl (C=O) groups excluding carboxylic acids is 1. The van der Waals surface area contributed by atoms with E-state index in [9.17, 15) is 22.0 Å². The number of fused-ring (bicyclic) bond motifs is 1. The van der Waals surface area contributed by atoms with Gasteiger partial charge in [-0.3, -0.25) is 14.5 Å². The highest BCUT2D eigenvalue weighted by Crippen LogP contribution is 2.33. The number of hydrogen-bond donors (Lipinski definition) is 1. The zero-order chi connectivity index (χ0) is 20.6. The molecule has 0 saturated heterocycles. The van der Waals surface area contributed by atoms with Gasteiger partial charge >= 0.3 is 0 Å². The molecule has 3 aromatic rings. The van der Waals surface area contributed by atoms with Crippen molar-refractivity contribution >= 4 is 27.3 Å². The summed E-state index contributed by atoms with van der Waals surface area (Å²) in [5.74, 6) is -2.18. The summed E-state index contributed by atoms with van der Waals surface area (Å²) in [7, 11) is -4.35. The van der Waals surface area contributed by atoms with E-state index in [2.05, 4.69) is 9.71 Å². The van der Waals surface area contributed by atoms with E-state index in [0.717, 1.165) is 17.7 Å². The van der Waals surface area contributed by atoms with Gasteiger partial charge < -0.3 is 4.90 Å². The summed E-state index contributed by atoms with van der Waals surface area (Å²) < 4.78 is 54.5. The standard InChI is InChI=1S/C20H15F2N3O3S/c21-15-4-6-17(22)19(10-15)29(27,28)24-16-5-3-13-7-9-25(18(13)11-16)20(26)14-2-1-8-23-12-14/h1-6,8,10-12,24H,7,9H2. The number of amides is 1. The van der Waals surface area contributed by atoms with Gasteiger partial charge in [-0.15, -0.1) is 0 Å². The van der Waals surface area contributed by atoms with Crippen LogP contribution in [0, 0.1) is 11.6 Å². The van der Waals surface area contributed by atoms with Gasteiger partial charge in [0.1, 0.15) is 16.5 Å². The fourth-order valence-electron chi connectivity index (χ4n) is 3.19. The largest absolute Gasteiger partial charge is 0.308 e. The van der Waals surface area contributed by atoms with E-state index in [1.54, 1.807) is 24.4 Å². The van der Waals surface area contributed by atoms with Gasteiger partial charge in [-0.2, -0.15) is 0 Å². The van der Waals surface area contributed by atoms with E-state index in [1.807, 2.05) is 0 Å². The maximum Gasteiger partial charge on any atom is 0.264 e. The summed E-state index contributed by atoms with van der Waals surface area (Å²) in [6.07, 6.45) is 3.64. The first-order chi connectivity index (χ1) is 13.8. The molecule has 148 valence electrons. The van der Waals surface area contributed by atoms with Gasteiger partial charge in [0.05, 0.1) is 11.3 Å². The number of halogens is 2. The van der Waals surface area contributed by atoms with Gasteiger partial charge in [-0.1, -0.05) is 6.07 Å². The molecule has 29 heavy (non-hydrogen) atoms.